The van der Waals surface area contributed by atoms with Gasteiger partial charge in [-0.3, -0.25) is 19.3 Å². The summed E-state index contributed by atoms with van der Waals surface area (Å²) in [5, 5.41) is 2.41. The molecule has 0 aliphatic heterocycles. The Labute approximate surface area is 114 Å². The predicted molar refractivity (Wildman–Crippen MR) is 79.0 cm³/mol. The van der Waals surface area contributed by atoms with E-state index in [9.17, 15) is 9.59 Å². The molecule has 3 rings (SSSR count). The monoisotopic (exact) mass is 269 g/mol. The largest absolute Gasteiger partial charge is 0.328 e. The van der Waals surface area contributed by atoms with Gasteiger partial charge in [0.25, 0.3) is 5.56 Å². The Kier molecular flexibility index (Phi) is 3.10. The third-order valence-corrected chi connectivity index (χ3v) is 3.49. The molecule has 0 unspecified atom stereocenters. The van der Waals surface area contributed by atoms with Crippen LogP contribution in [-0.2, 0) is 6.54 Å². The number of aryl methyl sites for hydroxylation is 1. The van der Waals surface area contributed by atoms with Gasteiger partial charge >= 0.3 is 5.69 Å². The maximum atomic E-state index is 12.0. The number of rotatable bonds is 3. The molecule has 0 saturated carbocycles. The van der Waals surface area contributed by atoms with E-state index in [2.05, 4.69) is 16.9 Å². The summed E-state index contributed by atoms with van der Waals surface area (Å²) in [4.78, 5) is 30.4. The second-order valence-corrected chi connectivity index (χ2v) is 4.86. The predicted octanol–water partition coefficient (Wildman–Crippen LogP) is 2.04. The summed E-state index contributed by atoms with van der Waals surface area (Å²) in [5.41, 5.74) is -0.0108. The highest BCUT2D eigenvalue weighted by Crippen LogP contribution is 2.18. The van der Waals surface area contributed by atoms with E-state index in [1.807, 2.05) is 18.2 Å². The van der Waals surface area contributed by atoms with Crippen molar-refractivity contribution in [3.8, 4) is 0 Å². The first-order valence-corrected chi connectivity index (χ1v) is 6.71. The summed E-state index contributed by atoms with van der Waals surface area (Å²) in [6.45, 7) is 2.67. The minimum atomic E-state index is -0.348. The number of benzene rings is 1. The average molecular weight is 269 g/mol. The summed E-state index contributed by atoms with van der Waals surface area (Å²) in [5.74, 6) is 0. The third-order valence-electron chi connectivity index (χ3n) is 3.49. The van der Waals surface area contributed by atoms with E-state index in [4.69, 9.17) is 0 Å². The number of unbranched alkanes of at least 4 members (excludes halogenated alkanes) is 1. The van der Waals surface area contributed by atoms with Gasteiger partial charge in [0.05, 0.1) is 10.9 Å². The zero-order chi connectivity index (χ0) is 14.1. The molecule has 2 heterocycles. The van der Waals surface area contributed by atoms with Crippen molar-refractivity contribution >= 4 is 21.7 Å². The molecule has 0 radical (unpaired) electrons. The topological polar surface area (TPSA) is 67.8 Å². The van der Waals surface area contributed by atoms with Gasteiger partial charge in [-0.05, 0) is 30.0 Å². The van der Waals surface area contributed by atoms with Crippen molar-refractivity contribution in [2.24, 2.45) is 0 Å². The van der Waals surface area contributed by atoms with Crippen LogP contribution in [0.15, 0.2) is 40.2 Å². The first-order valence-electron chi connectivity index (χ1n) is 6.71. The molecular weight excluding hydrogens is 254 g/mol. The summed E-state index contributed by atoms with van der Waals surface area (Å²) >= 11 is 0. The summed E-state index contributed by atoms with van der Waals surface area (Å²) in [7, 11) is 0. The molecule has 0 atom stereocenters. The molecule has 3 aromatic rings. The van der Waals surface area contributed by atoms with Crippen LogP contribution in [0.25, 0.3) is 21.7 Å². The Morgan fingerprint density at radius 2 is 2.10 bits per heavy atom. The van der Waals surface area contributed by atoms with Crippen LogP contribution in [0.4, 0.5) is 0 Å². The van der Waals surface area contributed by atoms with Crippen molar-refractivity contribution in [3.05, 3.63) is 51.4 Å². The van der Waals surface area contributed by atoms with Gasteiger partial charge in [0.2, 0.25) is 0 Å². The van der Waals surface area contributed by atoms with Crippen LogP contribution in [0.5, 0.6) is 0 Å². The maximum absolute atomic E-state index is 12.0. The number of pyridine rings is 1. The minimum Gasteiger partial charge on any atom is -0.293 e. The molecule has 0 saturated heterocycles. The summed E-state index contributed by atoms with van der Waals surface area (Å²) < 4.78 is 1.63. The maximum Gasteiger partial charge on any atom is 0.328 e. The zero-order valence-corrected chi connectivity index (χ0v) is 11.2. The lowest BCUT2D eigenvalue weighted by Crippen LogP contribution is -2.30. The minimum absolute atomic E-state index is 0.337. The molecule has 1 N–H and O–H groups in total. The third kappa shape index (κ3) is 2.01. The molecule has 0 spiro atoms. The van der Waals surface area contributed by atoms with Gasteiger partial charge in [0, 0.05) is 24.3 Å². The molecule has 5 nitrogen and oxygen atoms in total. The lowest BCUT2D eigenvalue weighted by Gasteiger charge is -2.09. The molecule has 0 aliphatic carbocycles. The average Bonchev–Trinajstić information content (AvgIpc) is 2.45. The van der Waals surface area contributed by atoms with Gasteiger partial charge < -0.3 is 0 Å². The van der Waals surface area contributed by atoms with E-state index >= 15 is 0 Å². The van der Waals surface area contributed by atoms with E-state index in [1.165, 1.54) is 0 Å². The van der Waals surface area contributed by atoms with Gasteiger partial charge in [-0.1, -0.05) is 13.3 Å². The van der Waals surface area contributed by atoms with Crippen molar-refractivity contribution in [2.45, 2.75) is 26.3 Å². The second kappa shape index (κ2) is 4.92. The van der Waals surface area contributed by atoms with Crippen LogP contribution in [0.2, 0.25) is 0 Å². The van der Waals surface area contributed by atoms with Crippen LogP contribution in [-0.4, -0.2) is 14.5 Å². The zero-order valence-electron chi connectivity index (χ0n) is 11.2. The fourth-order valence-electron chi connectivity index (χ4n) is 2.41. The fraction of sp³-hybridized carbons (Fsp3) is 0.267. The molecule has 102 valence electrons. The van der Waals surface area contributed by atoms with Gasteiger partial charge in [-0.2, -0.15) is 0 Å². The van der Waals surface area contributed by atoms with E-state index < -0.39 is 0 Å². The molecule has 20 heavy (non-hydrogen) atoms. The van der Waals surface area contributed by atoms with Crippen molar-refractivity contribution in [1.29, 1.82) is 0 Å². The van der Waals surface area contributed by atoms with E-state index in [0.29, 0.717) is 17.4 Å². The molecule has 0 amide bonds. The number of hydrogen-bond donors (Lipinski definition) is 1. The molecule has 5 heteroatoms. The number of hydrogen-bond acceptors (Lipinski definition) is 3. The standard InChI is InChI=1S/C15H15N3O2/c1-2-3-6-18-13-8-11-9-16-5-4-10(11)7-12(13)14(19)17-15(18)20/h4-5,7-9H,2-3,6H2,1H3,(H,17,19,20). The van der Waals surface area contributed by atoms with Crippen LogP contribution in [0, 0.1) is 0 Å². The smallest absolute Gasteiger partial charge is 0.293 e. The molecule has 0 aliphatic rings. The highest BCUT2D eigenvalue weighted by atomic mass is 16.2. The van der Waals surface area contributed by atoms with Gasteiger partial charge in [-0.15, -0.1) is 0 Å². The first kappa shape index (κ1) is 12.6. The first-order chi connectivity index (χ1) is 9.70. The Morgan fingerprint density at radius 3 is 2.90 bits per heavy atom. The van der Waals surface area contributed by atoms with Crippen molar-refractivity contribution in [2.75, 3.05) is 0 Å². The Bertz CT molecular complexity index is 893. The summed E-state index contributed by atoms with van der Waals surface area (Å²) in [6.07, 6.45) is 5.31. The Morgan fingerprint density at radius 1 is 1.25 bits per heavy atom. The molecule has 0 bridgehead atoms. The number of fused-ring (bicyclic) bond motifs is 2. The van der Waals surface area contributed by atoms with Crippen LogP contribution >= 0.6 is 0 Å². The summed E-state index contributed by atoms with van der Waals surface area (Å²) in [6, 6.07) is 5.53. The second-order valence-electron chi connectivity index (χ2n) is 4.86. The normalized spacial score (nSPS) is 11.2. The van der Waals surface area contributed by atoms with Crippen LogP contribution < -0.4 is 11.2 Å². The molecule has 1 aromatic carbocycles. The van der Waals surface area contributed by atoms with E-state index in [0.717, 1.165) is 23.6 Å². The molecule has 0 fully saturated rings. The van der Waals surface area contributed by atoms with Crippen molar-refractivity contribution < 1.29 is 0 Å². The van der Waals surface area contributed by atoms with E-state index in [-0.39, 0.29) is 11.2 Å². The van der Waals surface area contributed by atoms with Crippen LogP contribution in [0.1, 0.15) is 19.8 Å². The fourth-order valence-corrected chi connectivity index (χ4v) is 2.41. The van der Waals surface area contributed by atoms with Crippen LogP contribution in [0.3, 0.4) is 0 Å². The number of aromatic amines is 1. The lowest BCUT2D eigenvalue weighted by atomic mass is 10.1. The highest BCUT2D eigenvalue weighted by Gasteiger charge is 2.08. The van der Waals surface area contributed by atoms with Gasteiger partial charge in [0.1, 0.15) is 0 Å². The Hall–Kier alpha value is -2.43. The Balaban J connectivity index is 2.40. The number of H-pyrrole nitrogens is 1. The number of aromatic nitrogens is 3. The van der Waals surface area contributed by atoms with Gasteiger partial charge in [-0.25, -0.2) is 4.79 Å². The quantitative estimate of drug-likeness (QED) is 0.740. The van der Waals surface area contributed by atoms with E-state index in [1.54, 1.807) is 17.0 Å². The SMILES string of the molecule is CCCCn1c(=O)[nH]c(=O)c2cc3ccncc3cc21. The molecular formula is C15H15N3O2. The van der Waals surface area contributed by atoms with Crippen molar-refractivity contribution in [1.82, 2.24) is 14.5 Å². The number of nitrogens with one attached hydrogen (secondary N) is 1. The lowest BCUT2D eigenvalue weighted by molar-refractivity contribution is 0.617. The highest BCUT2D eigenvalue weighted by molar-refractivity contribution is 5.95. The molecule has 2 aromatic heterocycles. The van der Waals surface area contributed by atoms with Crippen molar-refractivity contribution in [3.63, 3.8) is 0 Å². The number of nitrogens with zero attached hydrogens (tertiary/aromatic N) is 2. The van der Waals surface area contributed by atoms with Gasteiger partial charge in [0.15, 0.2) is 0 Å².